The first kappa shape index (κ1) is 15.0. The van der Waals surface area contributed by atoms with Crippen molar-refractivity contribution in [2.75, 3.05) is 5.75 Å². The lowest BCUT2D eigenvalue weighted by Gasteiger charge is -2.24. The Kier molecular flexibility index (Phi) is 4.12. The summed E-state index contributed by atoms with van der Waals surface area (Å²) in [7, 11) is 0. The summed E-state index contributed by atoms with van der Waals surface area (Å²) in [6, 6.07) is 5.72. The number of rotatable bonds is 2. The Morgan fingerprint density at radius 3 is 2.82 bits per heavy atom. The summed E-state index contributed by atoms with van der Waals surface area (Å²) in [4.78, 5) is 17.7. The Morgan fingerprint density at radius 2 is 2.14 bits per heavy atom. The number of nitrogens with one attached hydrogen (secondary N) is 1. The molecule has 0 bridgehead atoms. The first-order chi connectivity index (χ1) is 10.6. The summed E-state index contributed by atoms with van der Waals surface area (Å²) in [6.45, 7) is 1.99. The molecule has 5 nitrogen and oxygen atoms in total. The fourth-order valence-electron chi connectivity index (χ4n) is 1.95. The van der Waals surface area contributed by atoms with Gasteiger partial charge < -0.3 is 0 Å². The van der Waals surface area contributed by atoms with E-state index in [4.69, 9.17) is 5.41 Å². The Labute approximate surface area is 135 Å². The Hall–Kier alpha value is -1.93. The van der Waals surface area contributed by atoms with Gasteiger partial charge in [-0.05, 0) is 29.5 Å². The van der Waals surface area contributed by atoms with E-state index < -0.39 is 5.91 Å². The Morgan fingerprint density at radius 1 is 1.41 bits per heavy atom. The van der Waals surface area contributed by atoms with Crippen LogP contribution < -0.4 is 0 Å². The van der Waals surface area contributed by atoms with Gasteiger partial charge in [0.25, 0.3) is 5.91 Å². The van der Waals surface area contributed by atoms with Gasteiger partial charge in [0.05, 0.1) is 17.5 Å². The van der Waals surface area contributed by atoms with Crippen LogP contribution in [0, 0.1) is 11.2 Å². The number of thioether (sulfide) groups is 1. The number of halogens is 1. The molecule has 22 heavy (non-hydrogen) atoms. The van der Waals surface area contributed by atoms with Crippen LogP contribution in [0.2, 0.25) is 0 Å². The molecular formula is C14H11FN4OS2. The summed E-state index contributed by atoms with van der Waals surface area (Å²) in [6.07, 6.45) is 1.54. The van der Waals surface area contributed by atoms with Crippen LogP contribution in [0.1, 0.15) is 12.5 Å². The maximum absolute atomic E-state index is 12.9. The molecule has 0 saturated heterocycles. The fourth-order valence-corrected chi connectivity index (χ4v) is 3.52. The van der Waals surface area contributed by atoms with Gasteiger partial charge in [-0.25, -0.2) is 9.29 Å². The molecule has 0 atom stereocenters. The van der Waals surface area contributed by atoms with Gasteiger partial charge in [0.1, 0.15) is 11.7 Å². The second-order valence-electron chi connectivity index (χ2n) is 4.39. The second-order valence-corrected chi connectivity index (χ2v) is 6.35. The van der Waals surface area contributed by atoms with E-state index in [1.165, 1.54) is 23.9 Å². The average Bonchev–Trinajstić information content (AvgIpc) is 2.89. The van der Waals surface area contributed by atoms with Crippen molar-refractivity contribution in [3.05, 3.63) is 41.2 Å². The molecule has 8 heteroatoms. The number of hydrogen-bond acceptors (Lipinski definition) is 5. The van der Waals surface area contributed by atoms with Crippen LogP contribution in [0.25, 0.3) is 6.08 Å². The van der Waals surface area contributed by atoms with Crippen molar-refractivity contribution in [2.24, 2.45) is 9.39 Å². The maximum atomic E-state index is 12.9. The minimum Gasteiger partial charge on any atom is -0.283 e. The van der Waals surface area contributed by atoms with Crippen LogP contribution in [0.5, 0.6) is 0 Å². The molecule has 0 fully saturated rings. The van der Waals surface area contributed by atoms with E-state index >= 15 is 0 Å². The summed E-state index contributed by atoms with van der Waals surface area (Å²) in [5, 5.41) is 9.33. The highest BCUT2D eigenvalue weighted by Crippen LogP contribution is 2.31. The molecule has 0 aromatic heterocycles. The molecule has 1 aromatic rings. The molecule has 0 spiro atoms. The summed E-state index contributed by atoms with van der Waals surface area (Å²) in [5.74, 6) is 0.0220. The average molecular weight is 334 g/mol. The first-order valence-corrected chi connectivity index (χ1v) is 8.23. The van der Waals surface area contributed by atoms with Crippen LogP contribution >= 0.6 is 23.7 Å². The van der Waals surface area contributed by atoms with E-state index in [1.807, 2.05) is 6.92 Å². The van der Waals surface area contributed by atoms with E-state index in [-0.39, 0.29) is 17.2 Å². The van der Waals surface area contributed by atoms with Crippen LogP contribution in [0.4, 0.5) is 4.39 Å². The van der Waals surface area contributed by atoms with Crippen molar-refractivity contribution in [3.8, 4) is 0 Å². The van der Waals surface area contributed by atoms with Gasteiger partial charge in [-0.3, -0.25) is 10.2 Å². The molecule has 2 aliphatic rings. The minimum atomic E-state index is -0.481. The number of fused-ring (bicyclic) bond motifs is 1. The number of amides is 1. The summed E-state index contributed by atoms with van der Waals surface area (Å²) in [5.41, 5.74) is 0.809. The molecule has 112 valence electrons. The predicted octanol–water partition coefficient (Wildman–Crippen LogP) is 3.16. The van der Waals surface area contributed by atoms with Gasteiger partial charge in [0, 0.05) is 0 Å². The number of amidine groups is 3. The van der Waals surface area contributed by atoms with Crippen molar-refractivity contribution in [3.63, 3.8) is 0 Å². The van der Waals surface area contributed by atoms with Crippen molar-refractivity contribution < 1.29 is 9.18 Å². The van der Waals surface area contributed by atoms with Gasteiger partial charge >= 0.3 is 0 Å². The number of nitrogens with zero attached hydrogens (tertiary/aromatic N) is 3. The van der Waals surface area contributed by atoms with Gasteiger partial charge in [0.2, 0.25) is 5.17 Å². The van der Waals surface area contributed by atoms with E-state index in [1.54, 1.807) is 23.1 Å². The first-order valence-electron chi connectivity index (χ1n) is 6.47. The van der Waals surface area contributed by atoms with Crippen LogP contribution in [0.15, 0.2) is 39.2 Å². The van der Waals surface area contributed by atoms with Gasteiger partial charge in [0.15, 0.2) is 5.17 Å². The molecular weight excluding hydrogens is 323 g/mol. The van der Waals surface area contributed by atoms with E-state index in [0.717, 1.165) is 17.7 Å². The zero-order valence-electron chi connectivity index (χ0n) is 11.5. The van der Waals surface area contributed by atoms with E-state index in [9.17, 15) is 9.18 Å². The molecule has 0 radical (unpaired) electrons. The molecule has 1 N–H and O–H groups in total. The highest BCUT2D eigenvalue weighted by atomic mass is 32.2. The minimum absolute atomic E-state index is 0.0454. The number of aliphatic imine (C=N–C) groups is 1. The zero-order valence-corrected chi connectivity index (χ0v) is 13.2. The third kappa shape index (κ3) is 2.71. The molecule has 1 aromatic carbocycles. The Balaban J connectivity index is 1.97. The molecule has 3 rings (SSSR count). The third-order valence-corrected chi connectivity index (χ3v) is 4.59. The molecule has 2 aliphatic heterocycles. The molecule has 0 aliphatic carbocycles. The van der Waals surface area contributed by atoms with Crippen molar-refractivity contribution in [2.45, 2.75) is 6.92 Å². The largest absolute Gasteiger partial charge is 0.283 e. The topological polar surface area (TPSA) is 68.9 Å². The van der Waals surface area contributed by atoms with E-state index in [2.05, 4.69) is 9.39 Å². The lowest BCUT2D eigenvalue weighted by molar-refractivity contribution is -0.114. The number of carbonyl (C=O) groups is 1. The monoisotopic (exact) mass is 334 g/mol. The standard InChI is InChI=1S/C14H11FN4OS2/c1-2-21-14-18-22-13-17-12(20)10(11(16)19(13)14)7-8-3-5-9(15)6-4-8/h3-7,16H,2H2,1H3/b10-7-,16-11?. The SMILES string of the molecule is CCSC1=NSC2=NC(=O)/C(=C\c3ccc(F)cc3)C(=N)N12. The third-order valence-electron chi connectivity index (χ3n) is 2.95. The van der Waals surface area contributed by atoms with E-state index in [0.29, 0.717) is 15.9 Å². The van der Waals surface area contributed by atoms with Crippen molar-refractivity contribution in [1.82, 2.24) is 4.90 Å². The van der Waals surface area contributed by atoms with Gasteiger partial charge in [-0.15, -0.1) is 0 Å². The van der Waals surface area contributed by atoms with Gasteiger partial charge in [-0.1, -0.05) is 30.8 Å². The smallest absolute Gasteiger partial charge is 0.283 e. The second kappa shape index (κ2) is 6.05. The quantitative estimate of drug-likeness (QED) is 0.666. The molecule has 1 amide bonds. The molecule has 2 heterocycles. The lowest BCUT2D eigenvalue weighted by atomic mass is 10.1. The number of carbonyl (C=O) groups excluding carboxylic acids is 1. The molecule has 0 saturated carbocycles. The van der Waals surface area contributed by atoms with Crippen LogP contribution in [-0.4, -0.2) is 32.7 Å². The highest BCUT2D eigenvalue weighted by Gasteiger charge is 2.37. The molecule has 0 unspecified atom stereocenters. The Bertz CT molecular complexity index is 740. The van der Waals surface area contributed by atoms with Crippen molar-refractivity contribution in [1.29, 1.82) is 5.41 Å². The van der Waals surface area contributed by atoms with Crippen LogP contribution in [0.3, 0.4) is 0 Å². The van der Waals surface area contributed by atoms with Crippen molar-refractivity contribution >= 4 is 51.9 Å². The van der Waals surface area contributed by atoms with Gasteiger partial charge in [-0.2, -0.15) is 9.39 Å². The lowest BCUT2D eigenvalue weighted by Crippen LogP contribution is -2.41. The maximum Gasteiger partial charge on any atom is 0.283 e. The highest BCUT2D eigenvalue weighted by molar-refractivity contribution is 8.19. The summed E-state index contributed by atoms with van der Waals surface area (Å²) >= 11 is 2.58. The fraction of sp³-hybridized carbons (Fsp3) is 0.143. The number of benzene rings is 1. The number of hydrogen-bond donors (Lipinski definition) is 1. The van der Waals surface area contributed by atoms with Crippen LogP contribution in [-0.2, 0) is 4.79 Å². The summed E-state index contributed by atoms with van der Waals surface area (Å²) < 4.78 is 17.2. The predicted molar refractivity (Wildman–Crippen MR) is 89.5 cm³/mol. The zero-order chi connectivity index (χ0) is 15.7. The normalized spacial score (nSPS) is 19.4.